The molecule has 1 aromatic carbocycles. The Hall–Kier alpha value is -2.27. The van der Waals surface area contributed by atoms with Crippen molar-refractivity contribution in [1.82, 2.24) is 4.98 Å². The van der Waals surface area contributed by atoms with Crippen LogP contribution in [0.2, 0.25) is 5.02 Å². The number of nitrogens with one attached hydrogen (secondary N) is 2. The highest BCUT2D eigenvalue weighted by Gasteiger charge is 2.05. The molecule has 1 heterocycles. The third-order valence-corrected chi connectivity index (χ3v) is 2.92. The average molecular weight is 320 g/mol. The van der Waals surface area contributed by atoms with Gasteiger partial charge in [0.05, 0.1) is 11.9 Å². The molecule has 1 aromatic heterocycles. The van der Waals surface area contributed by atoms with Crippen molar-refractivity contribution in [2.24, 2.45) is 0 Å². The van der Waals surface area contributed by atoms with Gasteiger partial charge in [-0.3, -0.25) is 4.79 Å². The second-order valence-corrected chi connectivity index (χ2v) is 5.46. The van der Waals surface area contributed by atoms with Gasteiger partial charge >= 0.3 is 0 Å². The van der Waals surface area contributed by atoms with E-state index in [9.17, 15) is 4.79 Å². The Labute approximate surface area is 134 Å². The van der Waals surface area contributed by atoms with Gasteiger partial charge in [0.25, 0.3) is 5.91 Å². The van der Waals surface area contributed by atoms with Crippen LogP contribution in [0.15, 0.2) is 42.6 Å². The molecule has 0 saturated carbocycles. The Kier molecular flexibility index (Phi) is 5.61. The largest absolute Gasteiger partial charge is 0.484 e. The summed E-state index contributed by atoms with van der Waals surface area (Å²) >= 11 is 5.78. The smallest absolute Gasteiger partial charge is 0.262 e. The maximum absolute atomic E-state index is 11.8. The molecule has 0 radical (unpaired) electrons. The molecule has 0 aliphatic rings. The normalized spacial score (nSPS) is 10.4. The zero-order valence-electron chi connectivity index (χ0n) is 12.5. The number of pyridine rings is 1. The quantitative estimate of drug-likeness (QED) is 0.854. The molecular formula is C16H18ClN3O2. The van der Waals surface area contributed by atoms with Crippen LogP contribution in [-0.2, 0) is 4.79 Å². The molecule has 116 valence electrons. The number of rotatable bonds is 6. The molecular weight excluding hydrogens is 302 g/mol. The summed E-state index contributed by atoms with van der Waals surface area (Å²) in [6.07, 6.45) is 1.60. The van der Waals surface area contributed by atoms with Crippen LogP contribution in [0.5, 0.6) is 5.75 Å². The van der Waals surface area contributed by atoms with Gasteiger partial charge in [-0.15, -0.1) is 0 Å². The standard InChI is InChI=1S/C16H18ClN3O2/c1-11(2)19-15-8-5-13(9-18-15)20-16(21)10-22-14-6-3-12(17)4-7-14/h3-9,11H,10H2,1-2H3,(H,18,19)(H,20,21). The maximum Gasteiger partial charge on any atom is 0.262 e. The van der Waals surface area contributed by atoms with Gasteiger partial charge in [-0.05, 0) is 50.2 Å². The van der Waals surface area contributed by atoms with E-state index in [2.05, 4.69) is 15.6 Å². The molecule has 22 heavy (non-hydrogen) atoms. The summed E-state index contributed by atoms with van der Waals surface area (Å²) in [7, 11) is 0. The number of carbonyl (C=O) groups is 1. The van der Waals surface area contributed by atoms with E-state index in [1.165, 1.54) is 0 Å². The van der Waals surface area contributed by atoms with Crippen molar-refractivity contribution in [3.63, 3.8) is 0 Å². The number of anilines is 2. The number of halogens is 1. The predicted octanol–water partition coefficient (Wildman–Crippen LogP) is 3.57. The highest BCUT2D eigenvalue weighted by Crippen LogP contribution is 2.15. The molecule has 0 fully saturated rings. The van der Waals surface area contributed by atoms with Gasteiger partial charge in [0.15, 0.2) is 6.61 Å². The molecule has 0 aliphatic heterocycles. The fraction of sp³-hybridized carbons (Fsp3) is 0.250. The van der Waals surface area contributed by atoms with Gasteiger partial charge in [0, 0.05) is 11.1 Å². The summed E-state index contributed by atoms with van der Waals surface area (Å²) in [5.41, 5.74) is 0.624. The van der Waals surface area contributed by atoms with Crippen molar-refractivity contribution in [3.05, 3.63) is 47.6 Å². The maximum atomic E-state index is 11.8. The molecule has 2 rings (SSSR count). The number of aromatic nitrogens is 1. The van der Waals surface area contributed by atoms with E-state index in [0.29, 0.717) is 22.5 Å². The van der Waals surface area contributed by atoms with Crippen LogP contribution in [0.3, 0.4) is 0 Å². The Bertz CT molecular complexity index is 612. The summed E-state index contributed by atoms with van der Waals surface area (Å²) in [6.45, 7) is 3.99. The van der Waals surface area contributed by atoms with Crippen molar-refractivity contribution < 1.29 is 9.53 Å². The van der Waals surface area contributed by atoms with Gasteiger partial charge in [-0.25, -0.2) is 4.98 Å². The molecule has 0 aliphatic carbocycles. The first kappa shape index (κ1) is 16.1. The van der Waals surface area contributed by atoms with Gasteiger partial charge in [0.2, 0.25) is 0 Å². The fourth-order valence-corrected chi connectivity index (χ4v) is 1.85. The van der Waals surface area contributed by atoms with Crippen LogP contribution in [0.1, 0.15) is 13.8 Å². The third-order valence-electron chi connectivity index (χ3n) is 2.67. The van der Waals surface area contributed by atoms with E-state index in [4.69, 9.17) is 16.3 Å². The summed E-state index contributed by atoms with van der Waals surface area (Å²) in [5.74, 6) is 1.11. The van der Waals surface area contributed by atoms with Gasteiger partial charge < -0.3 is 15.4 Å². The summed E-state index contributed by atoms with van der Waals surface area (Å²) < 4.78 is 5.37. The Balaban J connectivity index is 1.82. The van der Waals surface area contributed by atoms with Crippen LogP contribution in [0.25, 0.3) is 0 Å². The molecule has 0 bridgehead atoms. The molecule has 0 saturated heterocycles. The van der Waals surface area contributed by atoms with E-state index >= 15 is 0 Å². The van der Waals surface area contributed by atoms with Crippen LogP contribution in [-0.4, -0.2) is 23.5 Å². The first-order valence-electron chi connectivity index (χ1n) is 6.94. The second kappa shape index (κ2) is 7.66. The number of hydrogen-bond donors (Lipinski definition) is 2. The Morgan fingerprint density at radius 3 is 2.55 bits per heavy atom. The van der Waals surface area contributed by atoms with E-state index in [-0.39, 0.29) is 12.5 Å². The Morgan fingerprint density at radius 2 is 1.95 bits per heavy atom. The monoisotopic (exact) mass is 319 g/mol. The molecule has 5 nitrogen and oxygen atoms in total. The lowest BCUT2D eigenvalue weighted by atomic mass is 10.3. The molecule has 1 amide bonds. The summed E-state index contributed by atoms with van der Waals surface area (Å²) in [6, 6.07) is 10.7. The lowest BCUT2D eigenvalue weighted by Gasteiger charge is -2.10. The van der Waals surface area contributed by atoms with Crippen molar-refractivity contribution in [1.29, 1.82) is 0 Å². The molecule has 0 atom stereocenters. The van der Waals surface area contributed by atoms with Crippen LogP contribution >= 0.6 is 11.6 Å². The third kappa shape index (κ3) is 5.26. The number of benzene rings is 1. The minimum Gasteiger partial charge on any atom is -0.484 e. The van der Waals surface area contributed by atoms with Gasteiger partial charge in [0.1, 0.15) is 11.6 Å². The van der Waals surface area contributed by atoms with Crippen molar-refractivity contribution in [2.75, 3.05) is 17.2 Å². The van der Waals surface area contributed by atoms with Crippen LogP contribution in [0, 0.1) is 0 Å². The number of hydrogen-bond acceptors (Lipinski definition) is 4. The highest BCUT2D eigenvalue weighted by molar-refractivity contribution is 6.30. The number of ether oxygens (including phenoxy) is 1. The minimum absolute atomic E-state index is 0.0758. The molecule has 0 spiro atoms. The zero-order valence-corrected chi connectivity index (χ0v) is 13.2. The fourth-order valence-electron chi connectivity index (χ4n) is 1.73. The Morgan fingerprint density at radius 1 is 1.23 bits per heavy atom. The lowest BCUT2D eigenvalue weighted by Crippen LogP contribution is -2.20. The molecule has 0 unspecified atom stereocenters. The number of carbonyl (C=O) groups excluding carboxylic acids is 1. The topological polar surface area (TPSA) is 63.2 Å². The zero-order chi connectivity index (χ0) is 15.9. The van der Waals surface area contributed by atoms with E-state index in [0.717, 1.165) is 5.82 Å². The number of nitrogens with zero attached hydrogens (tertiary/aromatic N) is 1. The molecule has 6 heteroatoms. The second-order valence-electron chi connectivity index (χ2n) is 5.02. The van der Waals surface area contributed by atoms with Crippen LogP contribution < -0.4 is 15.4 Å². The molecule has 2 N–H and O–H groups in total. The summed E-state index contributed by atoms with van der Waals surface area (Å²) in [5, 5.41) is 6.52. The SMILES string of the molecule is CC(C)Nc1ccc(NC(=O)COc2ccc(Cl)cc2)cn1. The van der Waals surface area contributed by atoms with E-state index < -0.39 is 0 Å². The van der Waals surface area contributed by atoms with Gasteiger partial charge in [-0.1, -0.05) is 11.6 Å². The first-order chi connectivity index (χ1) is 10.5. The lowest BCUT2D eigenvalue weighted by molar-refractivity contribution is -0.118. The minimum atomic E-state index is -0.249. The van der Waals surface area contributed by atoms with Crippen molar-refractivity contribution in [2.45, 2.75) is 19.9 Å². The first-order valence-corrected chi connectivity index (χ1v) is 7.31. The predicted molar refractivity (Wildman–Crippen MR) is 88.6 cm³/mol. The summed E-state index contributed by atoms with van der Waals surface area (Å²) in [4.78, 5) is 16.0. The van der Waals surface area contributed by atoms with E-state index in [1.54, 1.807) is 36.5 Å². The van der Waals surface area contributed by atoms with Crippen molar-refractivity contribution in [3.8, 4) is 5.75 Å². The highest BCUT2D eigenvalue weighted by atomic mass is 35.5. The number of amides is 1. The van der Waals surface area contributed by atoms with E-state index in [1.807, 2.05) is 19.9 Å². The van der Waals surface area contributed by atoms with Crippen LogP contribution in [0.4, 0.5) is 11.5 Å². The molecule has 2 aromatic rings. The average Bonchev–Trinajstić information content (AvgIpc) is 2.48. The van der Waals surface area contributed by atoms with Gasteiger partial charge in [-0.2, -0.15) is 0 Å². The van der Waals surface area contributed by atoms with Crippen molar-refractivity contribution >= 4 is 29.0 Å².